The van der Waals surface area contributed by atoms with E-state index in [1.807, 2.05) is 25.2 Å². The number of ketones is 2. The summed E-state index contributed by atoms with van der Waals surface area (Å²) in [6.45, 7) is 5.79. The lowest BCUT2D eigenvalue weighted by Crippen LogP contribution is -2.48. The van der Waals surface area contributed by atoms with Crippen molar-refractivity contribution in [2.24, 2.45) is 11.8 Å². The number of esters is 1. The minimum Gasteiger partial charge on any atom is -0.489 e. The highest BCUT2D eigenvalue weighted by Crippen LogP contribution is 2.48. The highest BCUT2D eigenvalue weighted by atomic mass is 16.6. The molecule has 0 aromatic heterocycles. The predicted molar refractivity (Wildman–Crippen MR) is 96.1 cm³/mol. The molecule has 2 heterocycles. The Labute approximate surface area is 154 Å². The van der Waals surface area contributed by atoms with Crippen molar-refractivity contribution in [3.8, 4) is 0 Å². The summed E-state index contributed by atoms with van der Waals surface area (Å²) in [4.78, 5) is 38.2. The lowest BCUT2D eigenvalue weighted by molar-refractivity contribution is -0.157. The van der Waals surface area contributed by atoms with E-state index < -0.39 is 23.4 Å². The molecule has 0 saturated carbocycles. The lowest BCUT2D eigenvalue weighted by atomic mass is 9.67. The van der Waals surface area contributed by atoms with Gasteiger partial charge in [-0.25, -0.2) is 0 Å². The zero-order valence-electron chi connectivity index (χ0n) is 15.7. The van der Waals surface area contributed by atoms with Crippen molar-refractivity contribution in [2.45, 2.75) is 58.5 Å². The van der Waals surface area contributed by atoms with Crippen LogP contribution in [0.2, 0.25) is 0 Å². The number of ether oxygens (including phenoxy) is 2. The van der Waals surface area contributed by atoms with E-state index in [4.69, 9.17) is 9.47 Å². The lowest BCUT2D eigenvalue weighted by Gasteiger charge is -2.37. The summed E-state index contributed by atoms with van der Waals surface area (Å²) in [7, 11) is 0. The molecule has 0 radical (unpaired) electrons. The molecule has 0 spiro atoms. The molecule has 5 nitrogen and oxygen atoms in total. The molecule has 0 bridgehead atoms. The van der Waals surface area contributed by atoms with Crippen LogP contribution in [0, 0.1) is 11.8 Å². The largest absolute Gasteiger partial charge is 0.489 e. The number of rotatable bonds is 6. The Kier molecular flexibility index (Phi) is 5.17. The molecule has 0 aromatic rings. The third-order valence-corrected chi connectivity index (χ3v) is 5.63. The Morgan fingerprint density at radius 2 is 2.12 bits per heavy atom. The molecule has 1 fully saturated rings. The molecule has 5 heteroatoms. The Morgan fingerprint density at radius 1 is 1.35 bits per heavy atom. The predicted octanol–water partition coefficient (Wildman–Crippen LogP) is 3.44. The van der Waals surface area contributed by atoms with Gasteiger partial charge >= 0.3 is 5.97 Å². The minimum atomic E-state index is -1.25. The van der Waals surface area contributed by atoms with Crippen LogP contribution in [0.15, 0.2) is 35.1 Å². The molecule has 140 valence electrons. The minimum absolute atomic E-state index is 0.0984. The monoisotopic (exact) mass is 358 g/mol. The number of allylic oxidation sites excluding steroid dienone is 4. The van der Waals surface area contributed by atoms with Gasteiger partial charge in [-0.1, -0.05) is 25.8 Å². The van der Waals surface area contributed by atoms with Gasteiger partial charge in [0.25, 0.3) is 0 Å². The van der Waals surface area contributed by atoms with Crippen molar-refractivity contribution < 1.29 is 23.9 Å². The SMILES string of the molecule is C/C=C/C1=CC2=C(CO1)C(=O)C1(C)OC(=O)C(C(=O)CCCCC)C1C2. The summed E-state index contributed by atoms with van der Waals surface area (Å²) in [5.41, 5.74) is 0.168. The van der Waals surface area contributed by atoms with Crippen LogP contribution in [0.3, 0.4) is 0 Å². The van der Waals surface area contributed by atoms with Crippen LogP contribution < -0.4 is 0 Å². The van der Waals surface area contributed by atoms with Crippen molar-refractivity contribution in [1.82, 2.24) is 0 Å². The van der Waals surface area contributed by atoms with Crippen molar-refractivity contribution in [1.29, 1.82) is 0 Å². The first kappa shape index (κ1) is 18.6. The van der Waals surface area contributed by atoms with E-state index in [2.05, 4.69) is 6.92 Å². The molecule has 0 N–H and O–H groups in total. The normalized spacial score (nSPS) is 30.7. The molecule has 0 amide bonds. The van der Waals surface area contributed by atoms with Crippen molar-refractivity contribution in [3.05, 3.63) is 35.1 Å². The summed E-state index contributed by atoms with van der Waals surface area (Å²) in [5.74, 6) is -1.45. The average Bonchev–Trinajstić information content (AvgIpc) is 2.86. The molecule has 2 aliphatic heterocycles. The van der Waals surface area contributed by atoms with Gasteiger partial charge in [-0.2, -0.15) is 0 Å². The van der Waals surface area contributed by atoms with Crippen LogP contribution in [0.5, 0.6) is 0 Å². The molecule has 0 aromatic carbocycles. The van der Waals surface area contributed by atoms with Gasteiger partial charge in [0.15, 0.2) is 5.60 Å². The van der Waals surface area contributed by atoms with E-state index in [1.165, 1.54) is 0 Å². The maximum absolute atomic E-state index is 13.0. The summed E-state index contributed by atoms with van der Waals surface area (Å²) in [6, 6.07) is 0. The molecule has 3 aliphatic rings. The fourth-order valence-corrected chi connectivity index (χ4v) is 4.16. The second-order valence-electron chi connectivity index (χ2n) is 7.41. The fourth-order valence-electron chi connectivity index (χ4n) is 4.16. The van der Waals surface area contributed by atoms with Gasteiger partial charge in [-0.15, -0.1) is 0 Å². The van der Waals surface area contributed by atoms with Gasteiger partial charge in [0.05, 0.1) is 0 Å². The first-order chi connectivity index (χ1) is 12.4. The second kappa shape index (κ2) is 7.22. The van der Waals surface area contributed by atoms with Crippen LogP contribution in [0.1, 0.15) is 52.9 Å². The molecule has 3 atom stereocenters. The smallest absolute Gasteiger partial charge is 0.317 e. The number of carbonyl (C=O) groups is 3. The van der Waals surface area contributed by atoms with Gasteiger partial charge in [0, 0.05) is 17.9 Å². The third-order valence-electron chi connectivity index (χ3n) is 5.63. The van der Waals surface area contributed by atoms with Crippen LogP contribution >= 0.6 is 0 Å². The number of hydrogen-bond donors (Lipinski definition) is 0. The highest BCUT2D eigenvalue weighted by Gasteiger charge is 2.61. The molecule has 26 heavy (non-hydrogen) atoms. The molecular weight excluding hydrogens is 332 g/mol. The average molecular weight is 358 g/mol. The maximum atomic E-state index is 13.0. The number of unbranched alkanes of at least 4 members (excludes halogenated alkanes) is 2. The van der Waals surface area contributed by atoms with E-state index in [0.29, 0.717) is 24.2 Å². The molecule has 3 rings (SSSR count). The molecule has 3 unspecified atom stereocenters. The Morgan fingerprint density at radius 3 is 2.81 bits per heavy atom. The van der Waals surface area contributed by atoms with Crippen LogP contribution in [-0.4, -0.2) is 29.7 Å². The quantitative estimate of drug-likeness (QED) is 0.413. The topological polar surface area (TPSA) is 69.7 Å². The standard InChI is InChI=1S/C21H26O5/c1-4-6-7-9-17(22)18-16-11-13-10-14(8-5-2)25-12-15(13)19(23)21(16,3)26-20(18)24/h5,8,10,16,18H,4,6-7,9,11-12H2,1-3H3/b8-5+. The zero-order chi connectivity index (χ0) is 18.9. The summed E-state index contributed by atoms with van der Waals surface area (Å²) in [5, 5.41) is 0. The first-order valence-electron chi connectivity index (χ1n) is 9.42. The summed E-state index contributed by atoms with van der Waals surface area (Å²) in [6.07, 6.45) is 9.13. The number of hydrogen-bond acceptors (Lipinski definition) is 5. The first-order valence-corrected chi connectivity index (χ1v) is 9.42. The second-order valence-corrected chi connectivity index (χ2v) is 7.41. The molecule has 1 aliphatic carbocycles. The van der Waals surface area contributed by atoms with Crippen molar-refractivity contribution in [2.75, 3.05) is 6.61 Å². The summed E-state index contributed by atoms with van der Waals surface area (Å²) >= 11 is 0. The van der Waals surface area contributed by atoms with E-state index in [1.54, 1.807) is 6.92 Å². The van der Waals surface area contributed by atoms with Crippen LogP contribution in [-0.2, 0) is 23.9 Å². The van der Waals surface area contributed by atoms with E-state index in [0.717, 1.165) is 24.8 Å². The van der Waals surface area contributed by atoms with Gasteiger partial charge in [-0.05, 0) is 44.4 Å². The fraction of sp³-hybridized carbons (Fsp3) is 0.571. The Hall–Kier alpha value is -2.17. The Bertz CT molecular complexity index is 727. The molecular formula is C21H26O5. The van der Waals surface area contributed by atoms with E-state index >= 15 is 0 Å². The van der Waals surface area contributed by atoms with Gasteiger partial charge in [0.1, 0.15) is 24.1 Å². The Balaban J connectivity index is 1.89. The highest BCUT2D eigenvalue weighted by molar-refractivity contribution is 6.10. The summed E-state index contributed by atoms with van der Waals surface area (Å²) < 4.78 is 11.1. The van der Waals surface area contributed by atoms with Crippen LogP contribution in [0.25, 0.3) is 0 Å². The number of fused-ring (bicyclic) bond motifs is 1. The van der Waals surface area contributed by atoms with Crippen molar-refractivity contribution in [3.63, 3.8) is 0 Å². The number of Topliss-reactive ketones (excluding diaryl/α,β-unsaturated/α-hetero) is 2. The maximum Gasteiger partial charge on any atom is 0.317 e. The van der Waals surface area contributed by atoms with Gasteiger partial charge in [0.2, 0.25) is 5.78 Å². The van der Waals surface area contributed by atoms with Gasteiger partial charge in [-0.3, -0.25) is 14.4 Å². The van der Waals surface area contributed by atoms with E-state index in [9.17, 15) is 14.4 Å². The molecule has 1 saturated heterocycles. The van der Waals surface area contributed by atoms with Gasteiger partial charge < -0.3 is 9.47 Å². The van der Waals surface area contributed by atoms with E-state index in [-0.39, 0.29) is 18.2 Å². The number of carbonyl (C=O) groups excluding carboxylic acids is 3. The van der Waals surface area contributed by atoms with Crippen LogP contribution in [0.4, 0.5) is 0 Å². The zero-order valence-corrected chi connectivity index (χ0v) is 15.7. The third kappa shape index (κ3) is 3.04. The van der Waals surface area contributed by atoms with Crippen molar-refractivity contribution >= 4 is 17.5 Å².